The largest absolute Gasteiger partial charge is 0.489 e. The number of unbranched alkanes of at least 4 members (excludes halogenated alkanes) is 1. The zero-order chi connectivity index (χ0) is 50.5. The van der Waals surface area contributed by atoms with Gasteiger partial charge in [-0.3, -0.25) is 19.2 Å². The van der Waals surface area contributed by atoms with Gasteiger partial charge in [-0.2, -0.15) is 0 Å². The average Bonchev–Trinajstić information content (AvgIpc) is 3.85. The topological polar surface area (TPSA) is 220 Å². The standard InChI is InChI=1S/C53H66N6O11/c1-36(46(60)57-43(24-15-16-30-54-51(65)69-35-41-22-13-8-14-23-41)47(61)56-37(2)50(64)68-34-40-20-11-7-12-21-40)55-48(62)45-25-17-31-59(45)49(63)44(58-52(66)70-53(3,4)5)32-38-26-28-42(29-27-38)67-33-39-18-9-6-10-19-39/h6-14,18-23,26-29,36-37,43-45H,15-17,24-25,30-35H2,1-5H3,(H,54,65)(H,55,62)(H,56,61)(H,57,60)(H,58,66)/t36-,37-,43+,44-,45+/m1/s1. The van der Waals surface area contributed by atoms with Gasteiger partial charge >= 0.3 is 18.2 Å². The van der Waals surface area contributed by atoms with Crippen LogP contribution in [-0.4, -0.2) is 95.6 Å². The summed E-state index contributed by atoms with van der Waals surface area (Å²) in [5.41, 5.74) is 2.49. The van der Waals surface area contributed by atoms with Gasteiger partial charge in [0.2, 0.25) is 23.6 Å². The van der Waals surface area contributed by atoms with Crippen molar-refractivity contribution in [2.45, 2.75) is 129 Å². The van der Waals surface area contributed by atoms with Crippen LogP contribution in [0, 0.1) is 0 Å². The number of carbonyl (C=O) groups excluding carboxylic acids is 7. The third-order valence-corrected chi connectivity index (χ3v) is 11.2. The van der Waals surface area contributed by atoms with Gasteiger partial charge in [0.1, 0.15) is 61.4 Å². The van der Waals surface area contributed by atoms with Crippen molar-refractivity contribution in [3.05, 3.63) is 138 Å². The minimum atomic E-state index is -1.16. The lowest BCUT2D eigenvalue weighted by Crippen LogP contribution is -2.58. The molecule has 1 heterocycles. The molecule has 0 aromatic heterocycles. The molecule has 5 rings (SSSR count). The molecular weight excluding hydrogens is 897 g/mol. The highest BCUT2D eigenvalue weighted by molar-refractivity contribution is 5.96. The summed E-state index contributed by atoms with van der Waals surface area (Å²) in [6.45, 7) is 8.99. The van der Waals surface area contributed by atoms with Crippen LogP contribution in [0.3, 0.4) is 0 Å². The number of esters is 1. The first kappa shape index (κ1) is 53.5. The summed E-state index contributed by atoms with van der Waals surface area (Å²) in [4.78, 5) is 95.3. The summed E-state index contributed by atoms with van der Waals surface area (Å²) in [5, 5.41) is 13.4. The lowest BCUT2D eigenvalue weighted by molar-refractivity contribution is -0.148. The Morgan fingerprint density at radius 2 is 1.20 bits per heavy atom. The van der Waals surface area contributed by atoms with E-state index in [0.29, 0.717) is 38.0 Å². The molecule has 5 atom stereocenters. The molecule has 17 heteroatoms. The molecule has 0 saturated carbocycles. The highest BCUT2D eigenvalue weighted by Crippen LogP contribution is 2.22. The van der Waals surface area contributed by atoms with Crippen molar-refractivity contribution < 1.29 is 52.5 Å². The summed E-state index contributed by atoms with van der Waals surface area (Å²) in [5.74, 6) is -2.49. The van der Waals surface area contributed by atoms with Crippen molar-refractivity contribution in [2.24, 2.45) is 0 Å². The number of ether oxygens (including phenoxy) is 4. The molecule has 0 aliphatic carbocycles. The van der Waals surface area contributed by atoms with Crippen molar-refractivity contribution in [3.8, 4) is 5.75 Å². The van der Waals surface area contributed by atoms with E-state index in [0.717, 1.165) is 22.3 Å². The smallest absolute Gasteiger partial charge is 0.408 e. The van der Waals surface area contributed by atoms with Gasteiger partial charge in [-0.15, -0.1) is 0 Å². The van der Waals surface area contributed by atoms with Crippen molar-refractivity contribution in [2.75, 3.05) is 13.1 Å². The summed E-state index contributed by atoms with van der Waals surface area (Å²) >= 11 is 0. The van der Waals surface area contributed by atoms with Gasteiger partial charge < -0.3 is 50.4 Å². The van der Waals surface area contributed by atoms with Gasteiger partial charge in [0.15, 0.2) is 0 Å². The zero-order valence-electron chi connectivity index (χ0n) is 40.6. The Balaban J connectivity index is 1.19. The number of nitrogens with zero attached hydrogens (tertiary/aromatic N) is 1. The Labute approximate surface area is 409 Å². The van der Waals surface area contributed by atoms with E-state index in [9.17, 15) is 33.6 Å². The van der Waals surface area contributed by atoms with Crippen molar-refractivity contribution in [1.29, 1.82) is 0 Å². The molecule has 0 unspecified atom stereocenters. The number of alkyl carbamates (subject to hydrolysis) is 2. The van der Waals surface area contributed by atoms with E-state index in [2.05, 4.69) is 26.6 Å². The van der Waals surface area contributed by atoms with Crippen LogP contribution < -0.4 is 31.3 Å². The van der Waals surface area contributed by atoms with Crippen LogP contribution in [-0.2, 0) is 64.4 Å². The fraction of sp³-hybridized carbons (Fsp3) is 0.415. The van der Waals surface area contributed by atoms with E-state index in [-0.39, 0.29) is 39.1 Å². The van der Waals surface area contributed by atoms with Crippen LogP contribution in [0.5, 0.6) is 5.75 Å². The van der Waals surface area contributed by atoms with Crippen molar-refractivity contribution >= 4 is 41.8 Å². The number of rotatable bonds is 23. The number of hydrogen-bond acceptors (Lipinski definition) is 11. The molecule has 6 amide bonds. The first-order valence-electron chi connectivity index (χ1n) is 23.7. The first-order chi connectivity index (χ1) is 33.5. The second kappa shape index (κ2) is 26.9. The zero-order valence-corrected chi connectivity index (χ0v) is 40.6. The molecule has 5 N–H and O–H groups in total. The van der Waals surface area contributed by atoms with E-state index >= 15 is 0 Å². The Bertz CT molecular complexity index is 2330. The maximum atomic E-state index is 14.3. The van der Waals surface area contributed by atoms with Crippen LogP contribution in [0.25, 0.3) is 0 Å². The minimum Gasteiger partial charge on any atom is -0.489 e. The maximum Gasteiger partial charge on any atom is 0.408 e. The fourth-order valence-corrected chi connectivity index (χ4v) is 7.46. The molecule has 17 nitrogen and oxygen atoms in total. The molecule has 70 heavy (non-hydrogen) atoms. The van der Waals surface area contributed by atoms with Crippen LogP contribution in [0.2, 0.25) is 0 Å². The van der Waals surface area contributed by atoms with Crippen LogP contribution >= 0.6 is 0 Å². The van der Waals surface area contributed by atoms with Gasteiger partial charge in [-0.1, -0.05) is 103 Å². The molecule has 0 spiro atoms. The van der Waals surface area contributed by atoms with Gasteiger partial charge in [-0.05, 0) is 101 Å². The minimum absolute atomic E-state index is 0.00249. The lowest BCUT2D eigenvalue weighted by atomic mass is 10.0. The number of hydrogen-bond donors (Lipinski definition) is 5. The molecule has 1 fully saturated rings. The van der Waals surface area contributed by atoms with E-state index in [1.54, 1.807) is 57.2 Å². The molecular formula is C53H66N6O11. The molecule has 0 bridgehead atoms. The number of likely N-dealkylation sites (tertiary alicyclic amines) is 1. The quantitative estimate of drug-likeness (QED) is 0.0329. The van der Waals surface area contributed by atoms with Crippen LogP contribution in [0.15, 0.2) is 115 Å². The van der Waals surface area contributed by atoms with Crippen LogP contribution in [0.1, 0.15) is 89.0 Å². The van der Waals surface area contributed by atoms with E-state index in [1.807, 2.05) is 78.9 Å². The van der Waals surface area contributed by atoms with E-state index in [4.69, 9.17) is 18.9 Å². The Hall–Kier alpha value is -7.43. The first-order valence-corrected chi connectivity index (χ1v) is 23.7. The highest BCUT2D eigenvalue weighted by Gasteiger charge is 2.39. The molecule has 374 valence electrons. The molecule has 4 aromatic rings. The van der Waals surface area contributed by atoms with Crippen molar-refractivity contribution in [1.82, 2.24) is 31.5 Å². The Morgan fingerprint density at radius 3 is 1.80 bits per heavy atom. The molecule has 1 aliphatic rings. The monoisotopic (exact) mass is 962 g/mol. The Morgan fingerprint density at radius 1 is 0.614 bits per heavy atom. The number of amides is 6. The second-order valence-electron chi connectivity index (χ2n) is 18.1. The van der Waals surface area contributed by atoms with Gasteiger partial charge in [-0.25, -0.2) is 14.4 Å². The second-order valence-corrected chi connectivity index (χ2v) is 18.1. The lowest BCUT2D eigenvalue weighted by Gasteiger charge is -2.30. The summed E-state index contributed by atoms with van der Waals surface area (Å²) in [6, 6.07) is 29.7. The highest BCUT2D eigenvalue weighted by atomic mass is 16.6. The number of nitrogens with one attached hydrogen (secondary N) is 5. The third kappa shape index (κ3) is 18.2. The normalized spacial score (nSPS) is 14.9. The van der Waals surface area contributed by atoms with E-state index < -0.39 is 77.6 Å². The molecule has 4 aromatic carbocycles. The maximum absolute atomic E-state index is 14.3. The molecule has 0 radical (unpaired) electrons. The van der Waals surface area contributed by atoms with E-state index in [1.165, 1.54) is 18.7 Å². The number of carbonyl (C=O) groups is 7. The molecule has 1 saturated heterocycles. The predicted octanol–water partition coefficient (Wildman–Crippen LogP) is 6.03. The average molecular weight is 963 g/mol. The predicted molar refractivity (Wildman–Crippen MR) is 261 cm³/mol. The Kier molecular flexibility index (Phi) is 20.6. The van der Waals surface area contributed by atoms with Gasteiger partial charge in [0.05, 0.1) is 0 Å². The van der Waals surface area contributed by atoms with Gasteiger partial charge in [0.25, 0.3) is 0 Å². The summed E-state index contributed by atoms with van der Waals surface area (Å²) < 4.78 is 22.1. The number of benzene rings is 4. The summed E-state index contributed by atoms with van der Waals surface area (Å²) in [6.07, 6.45) is 0.383. The SMILES string of the molecule is C[C@@H](NC(=O)[C@@H]1CCCN1C(=O)[C@@H](Cc1ccc(OCc2ccccc2)cc1)NC(=O)OC(C)(C)C)C(=O)N[C@@H](CCCCNC(=O)OCc1ccccc1)C(=O)N[C@H](C)C(=O)OCc1ccccc1. The third-order valence-electron chi connectivity index (χ3n) is 11.2. The van der Waals surface area contributed by atoms with Crippen LogP contribution in [0.4, 0.5) is 9.59 Å². The molecule has 1 aliphatic heterocycles. The summed E-state index contributed by atoms with van der Waals surface area (Å²) in [7, 11) is 0. The van der Waals surface area contributed by atoms with Crippen molar-refractivity contribution in [3.63, 3.8) is 0 Å². The van der Waals surface area contributed by atoms with Gasteiger partial charge in [0, 0.05) is 19.5 Å². The fourth-order valence-electron chi connectivity index (χ4n) is 7.46.